The molecule has 0 saturated carbocycles. The monoisotopic (exact) mass is 346 g/mol. The fraction of sp³-hybridized carbons (Fsp3) is 0.368. The van der Waals surface area contributed by atoms with Gasteiger partial charge < -0.3 is 10.6 Å². The molecule has 24 heavy (non-hydrogen) atoms. The molecule has 5 heteroatoms. The van der Waals surface area contributed by atoms with Crippen LogP contribution < -0.4 is 10.6 Å². The van der Waals surface area contributed by atoms with Crippen LogP contribution >= 0.6 is 0 Å². The smallest absolute Gasteiger partial charge is 0.209 e. The lowest BCUT2D eigenvalue weighted by molar-refractivity contribution is 0.594. The van der Waals surface area contributed by atoms with Crippen molar-refractivity contribution < 1.29 is 8.42 Å². The Hall–Kier alpha value is -2.01. The van der Waals surface area contributed by atoms with Crippen molar-refractivity contribution in [3.63, 3.8) is 0 Å². The van der Waals surface area contributed by atoms with E-state index in [-0.39, 0.29) is 0 Å². The number of aryl methyl sites for hydroxylation is 3. The number of benzene rings is 2. The molecule has 0 aliphatic rings. The van der Waals surface area contributed by atoms with Gasteiger partial charge in [0, 0.05) is 18.8 Å². The fourth-order valence-electron chi connectivity index (χ4n) is 3.01. The Morgan fingerprint density at radius 2 is 1.58 bits per heavy atom. The van der Waals surface area contributed by atoms with Crippen LogP contribution in [0.25, 0.3) is 0 Å². The number of anilines is 2. The zero-order chi connectivity index (χ0) is 18.1. The van der Waals surface area contributed by atoms with Crippen molar-refractivity contribution >= 4 is 21.2 Å². The van der Waals surface area contributed by atoms with Gasteiger partial charge in [-0.25, -0.2) is 8.42 Å². The first-order chi connectivity index (χ1) is 11.2. The highest BCUT2D eigenvalue weighted by Gasteiger charge is 2.27. The van der Waals surface area contributed by atoms with Gasteiger partial charge in [0.05, 0.1) is 15.5 Å². The van der Waals surface area contributed by atoms with E-state index in [0.29, 0.717) is 21.0 Å². The molecule has 0 aliphatic carbocycles. The third-order valence-electron chi connectivity index (χ3n) is 4.42. The molecule has 0 radical (unpaired) electrons. The van der Waals surface area contributed by atoms with Crippen molar-refractivity contribution in [2.75, 3.05) is 23.7 Å². The lowest BCUT2D eigenvalue weighted by Gasteiger charge is -2.25. The van der Waals surface area contributed by atoms with Gasteiger partial charge in [-0.1, -0.05) is 12.1 Å². The van der Waals surface area contributed by atoms with Crippen molar-refractivity contribution in [2.24, 2.45) is 0 Å². The Kier molecular flexibility index (Phi) is 5.23. The molecule has 0 aliphatic heterocycles. The third-order valence-corrected chi connectivity index (χ3v) is 6.50. The molecule has 0 heterocycles. The molecule has 4 nitrogen and oxygen atoms in total. The molecule has 0 unspecified atom stereocenters. The van der Waals surface area contributed by atoms with Crippen molar-refractivity contribution in [1.29, 1.82) is 0 Å². The summed E-state index contributed by atoms with van der Waals surface area (Å²) in [4.78, 5) is 2.79. The summed E-state index contributed by atoms with van der Waals surface area (Å²) >= 11 is 0. The number of rotatable bonds is 5. The van der Waals surface area contributed by atoms with Gasteiger partial charge in [-0.2, -0.15) is 0 Å². The molecule has 130 valence electrons. The second-order valence-corrected chi connectivity index (χ2v) is 7.93. The predicted octanol–water partition coefficient (Wildman–Crippen LogP) is 3.87. The van der Waals surface area contributed by atoms with E-state index in [2.05, 4.69) is 4.90 Å². The molecule has 2 N–H and O–H groups in total. The van der Waals surface area contributed by atoms with Crippen LogP contribution in [0.3, 0.4) is 0 Å². The number of sulfone groups is 1. The summed E-state index contributed by atoms with van der Waals surface area (Å²) in [7, 11) is -3.63. The second kappa shape index (κ2) is 6.85. The Labute approximate surface area is 145 Å². The molecule has 0 aromatic heterocycles. The minimum atomic E-state index is -3.63. The number of nitrogen functional groups attached to an aromatic ring is 1. The summed E-state index contributed by atoms with van der Waals surface area (Å²) in [5.41, 5.74) is 9.49. The molecular formula is C19H26N2O2S. The summed E-state index contributed by atoms with van der Waals surface area (Å²) < 4.78 is 26.9. The van der Waals surface area contributed by atoms with E-state index >= 15 is 0 Å². The molecule has 2 aromatic rings. The molecule has 2 rings (SSSR count). The van der Waals surface area contributed by atoms with Crippen LogP contribution in [-0.4, -0.2) is 21.5 Å². The van der Waals surface area contributed by atoms with Crippen LogP contribution in [0.15, 0.2) is 40.1 Å². The van der Waals surface area contributed by atoms with Gasteiger partial charge in [-0.05, 0) is 69.5 Å². The number of hydrogen-bond acceptors (Lipinski definition) is 4. The maximum absolute atomic E-state index is 13.4. The van der Waals surface area contributed by atoms with Gasteiger partial charge >= 0.3 is 0 Å². The largest absolute Gasteiger partial charge is 0.399 e. The molecular weight excluding hydrogens is 320 g/mol. The standard InChI is InChI=1S/C19H26N2O2S/c1-6-21(7-2)17-10-8-9-13(3)19(17)24(22,23)18-12-14(4)16(20)11-15(18)5/h8-12H,6-7,20H2,1-5H3. The van der Waals surface area contributed by atoms with Crippen LogP contribution in [-0.2, 0) is 9.84 Å². The van der Waals surface area contributed by atoms with Gasteiger partial charge in [-0.3, -0.25) is 0 Å². The topological polar surface area (TPSA) is 63.4 Å². The highest BCUT2D eigenvalue weighted by atomic mass is 32.2. The summed E-state index contributed by atoms with van der Waals surface area (Å²) in [5.74, 6) is 0. The first kappa shape index (κ1) is 18.3. The first-order valence-corrected chi connectivity index (χ1v) is 9.68. The van der Waals surface area contributed by atoms with E-state index in [9.17, 15) is 8.42 Å². The van der Waals surface area contributed by atoms with Crippen molar-refractivity contribution in [1.82, 2.24) is 0 Å². The zero-order valence-electron chi connectivity index (χ0n) is 15.1. The molecule has 0 amide bonds. The second-order valence-electron chi connectivity index (χ2n) is 6.07. The Balaban J connectivity index is 2.78. The van der Waals surface area contributed by atoms with E-state index in [1.165, 1.54) is 0 Å². The van der Waals surface area contributed by atoms with E-state index < -0.39 is 9.84 Å². The first-order valence-electron chi connectivity index (χ1n) is 8.20. The van der Waals surface area contributed by atoms with Crippen LogP contribution in [0.2, 0.25) is 0 Å². The van der Waals surface area contributed by atoms with E-state index in [0.717, 1.165) is 29.9 Å². The van der Waals surface area contributed by atoms with Crippen LogP contribution in [0.4, 0.5) is 11.4 Å². The SMILES string of the molecule is CCN(CC)c1cccc(C)c1S(=O)(=O)c1cc(C)c(N)cc1C. The maximum atomic E-state index is 13.4. The molecule has 0 atom stereocenters. The predicted molar refractivity (Wildman–Crippen MR) is 101 cm³/mol. The zero-order valence-corrected chi connectivity index (χ0v) is 15.9. The highest BCUT2D eigenvalue weighted by Crippen LogP contribution is 2.35. The Morgan fingerprint density at radius 1 is 0.958 bits per heavy atom. The molecule has 0 spiro atoms. The normalized spacial score (nSPS) is 11.5. The van der Waals surface area contributed by atoms with Gasteiger partial charge in [0.15, 0.2) is 0 Å². The maximum Gasteiger partial charge on any atom is 0.209 e. The summed E-state index contributed by atoms with van der Waals surface area (Å²) in [6.45, 7) is 11.0. The molecule has 0 fully saturated rings. The quantitative estimate of drug-likeness (QED) is 0.835. The summed E-state index contributed by atoms with van der Waals surface area (Å²) in [6.07, 6.45) is 0. The van der Waals surface area contributed by atoms with Crippen LogP contribution in [0.5, 0.6) is 0 Å². The van der Waals surface area contributed by atoms with Gasteiger partial charge in [0.2, 0.25) is 9.84 Å². The van der Waals surface area contributed by atoms with E-state index in [4.69, 9.17) is 5.73 Å². The lowest BCUT2D eigenvalue weighted by atomic mass is 10.1. The Morgan fingerprint density at radius 3 is 2.17 bits per heavy atom. The number of nitrogens with zero attached hydrogens (tertiary/aromatic N) is 1. The lowest BCUT2D eigenvalue weighted by Crippen LogP contribution is -2.24. The average molecular weight is 346 g/mol. The van der Waals surface area contributed by atoms with Gasteiger partial charge in [-0.15, -0.1) is 0 Å². The number of nitrogens with two attached hydrogens (primary N) is 1. The highest BCUT2D eigenvalue weighted by molar-refractivity contribution is 7.91. The fourth-order valence-corrected chi connectivity index (χ4v) is 5.01. The van der Waals surface area contributed by atoms with Crippen molar-refractivity contribution in [3.8, 4) is 0 Å². The van der Waals surface area contributed by atoms with Crippen molar-refractivity contribution in [2.45, 2.75) is 44.4 Å². The van der Waals surface area contributed by atoms with Crippen LogP contribution in [0.1, 0.15) is 30.5 Å². The minimum Gasteiger partial charge on any atom is -0.399 e. The minimum absolute atomic E-state index is 0.330. The van der Waals surface area contributed by atoms with Gasteiger partial charge in [0.1, 0.15) is 0 Å². The van der Waals surface area contributed by atoms with Crippen molar-refractivity contribution in [3.05, 3.63) is 47.0 Å². The third kappa shape index (κ3) is 3.13. The summed E-state index contributed by atoms with van der Waals surface area (Å²) in [6, 6.07) is 9.05. The van der Waals surface area contributed by atoms with E-state index in [1.807, 2.05) is 45.9 Å². The van der Waals surface area contributed by atoms with Crippen LogP contribution in [0, 0.1) is 20.8 Å². The van der Waals surface area contributed by atoms with Gasteiger partial charge in [0.25, 0.3) is 0 Å². The number of hydrogen-bond donors (Lipinski definition) is 1. The molecule has 2 aromatic carbocycles. The summed E-state index contributed by atoms with van der Waals surface area (Å²) in [5, 5.41) is 0. The molecule has 0 saturated heterocycles. The Bertz CT molecular complexity index is 854. The molecule has 0 bridgehead atoms. The average Bonchev–Trinajstić information content (AvgIpc) is 2.51. The van der Waals surface area contributed by atoms with E-state index in [1.54, 1.807) is 19.1 Å².